The molecule has 0 aliphatic rings. The zero-order valence-electron chi connectivity index (χ0n) is 11.8. The van der Waals surface area contributed by atoms with Gasteiger partial charge in [-0.25, -0.2) is 0 Å². The van der Waals surface area contributed by atoms with Crippen LogP contribution in [-0.2, 0) is 6.42 Å². The highest BCUT2D eigenvalue weighted by Gasteiger charge is 2.11. The summed E-state index contributed by atoms with van der Waals surface area (Å²) < 4.78 is 3.03. The summed E-state index contributed by atoms with van der Waals surface area (Å²) in [6.07, 6.45) is 7.94. The third-order valence-electron chi connectivity index (χ3n) is 3.50. The van der Waals surface area contributed by atoms with E-state index >= 15 is 0 Å². The minimum atomic E-state index is 0.746. The second kappa shape index (κ2) is 6.72. The molecular formula is C16H24S2. The number of rotatable bonds is 7. The highest BCUT2D eigenvalue weighted by Crippen LogP contribution is 2.38. The summed E-state index contributed by atoms with van der Waals surface area (Å²) in [5.41, 5.74) is 0. The summed E-state index contributed by atoms with van der Waals surface area (Å²) >= 11 is 4.02. The van der Waals surface area contributed by atoms with E-state index < -0.39 is 0 Å². The number of unbranched alkanes of at least 4 members (excludes halogenated alkanes) is 2. The molecule has 0 spiro atoms. The van der Waals surface area contributed by atoms with Crippen molar-refractivity contribution in [2.24, 2.45) is 0 Å². The Morgan fingerprint density at radius 3 is 2.44 bits per heavy atom. The summed E-state index contributed by atoms with van der Waals surface area (Å²) in [4.78, 5) is 3.15. The van der Waals surface area contributed by atoms with Gasteiger partial charge in [0.05, 0.1) is 0 Å². The molecule has 0 radical (unpaired) electrons. The number of hydrogen-bond acceptors (Lipinski definition) is 2. The Bertz CT molecular complexity index is 447. The molecule has 0 fully saturated rings. The maximum absolute atomic E-state index is 2.44. The SMILES string of the molecule is CCCCCC(C)c1cc2sc(CCC)cc2s1. The van der Waals surface area contributed by atoms with Gasteiger partial charge in [-0.15, -0.1) is 22.7 Å². The lowest BCUT2D eigenvalue weighted by Gasteiger charge is -2.07. The molecule has 1 atom stereocenters. The van der Waals surface area contributed by atoms with Crippen LogP contribution in [0, 0.1) is 0 Å². The van der Waals surface area contributed by atoms with Crippen molar-refractivity contribution < 1.29 is 0 Å². The Kier molecular flexibility index (Phi) is 5.25. The van der Waals surface area contributed by atoms with Crippen molar-refractivity contribution in [2.45, 2.75) is 65.2 Å². The fraction of sp³-hybridized carbons (Fsp3) is 0.625. The molecule has 0 amide bonds. The molecule has 0 nitrogen and oxygen atoms in total. The molecular weight excluding hydrogens is 256 g/mol. The van der Waals surface area contributed by atoms with Gasteiger partial charge in [-0.1, -0.05) is 46.5 Å². The largest absolute Gasteiger partial charge is 0.139 e. The average Bonchev–Trinajstić information content (AvgIpc) is 2.87. The summed E-state index contributed by atoms with van der Waals surface area (Å²) in [6, 6.07) is 4.86. The van der Waals surface area contributed by atoms with Crippen LogP contribution >= 0.6 is 22.7 Å². The first kappa shape index (κ1) is 14.1. The minimum Gasteiger partial charge on any atom is -0.139 e. The van der Waals surface area contributed by atoms with E-state index in [9.17, 15) is 0 Å². The van der Waals surface area contributed by atoms with Gasteiger partial charge in [-0.05, 0) is 30.9 Å². The number of hydrogen-bond donors (Lipinski definition) is 0. The molecule has 2 heteroatoms. The molecule has 2 heterocycles. The van der Waals surface area contributed by atoms with Gasteiger partial charge in [0, 0.05) is 19.2 Å². The molecule has 0 saturated carbocycles. The van der Waals surface area contributed by atoms with Crippen molar-refractivity contribution in [3.8, 4) is 0 Å². The first-order valence-electron chi connectivity index (χ1n) is 7.26. The monoisotopic (exact) mass is 280 g/mol. The van der Waals surface area contributed by atoms with E-state index in [4.69, 9.17) is 0 Å². The molecule has 0 bridgehead atoms. The van der Waals surface area contributed by atoms with Crippen molar-refractivity contribution in [3.63, 3.8) is 0 Å². The zero-order valence-corrected chi connectivity index (χ0v) is 13.4. The van der Waals surface area contributed by atoms with Crippen LogP contribution in [0.3, 0.4) is 0 Å². The van der Waals surface area contributed by atoms with Crippen LogP contribution in [0.2, 0.25) is 0 Å². The number of thiophene rings is 2. The van der Waals surface area contributed by atoms with E-state index in [2.05, 4.69) is 32.9 Å². The van der Waals surface area contributed by atoms with E-state index in [-0.39, 0.29) is 0 Å². The summed E-state index contributed by atoms with van der Waals surface area (Å²) in [6.45, 7) is 6.92. The predicted molar refractivity (Wildman–Crippen MR) is 86.3 cm³/mol. The highest BCUT2D eigenvalue weighted by molar-refractivity contribution is 7.27. The first-order chi connectivity index (χ1) is 8.74. The Labute approximate surface area is 119 Å². The van der Waals surface area contributed by atoms with Gasteiger partial charge in [0.25, 0.3) is 0 Å². The Morgan fingerprint density at radius 2 is 1.78 bits per heavy atom. The predicted octanol–water partition coefficient (Wildman–Crippen LogP) is 6.60. The van der Waals surface area contributed by atoms with Crippen LogP contribution in [0.15, 0.2) is 12.1 Å². The second-order valence-electron chi connectivity index (χ2n) is 5.24. The van der Waals surface area contributed by atoms with Gasteiger partial charge >= 0.3 is 0 Å². The molecule has 18 heavy (non-hydrogen) atoms. The van der Waals surface area contributed by atoms with Gasteiger partial charge in [0.2, 0.25) is 0 Å². The molecule has 0 aromatic carbocycles. The van der Waals surface area contributed by atoms with Gasteiger partial charge < -0.3 is 0 Å². The molecule has 2 aromatic heterocycles. The number of aryl methyl sites for hydroxylation is 1. The summed E-state index contributed by atoms with van der Waals surface area (Å²) in [7, 11) is 0. The molecule has 0 aliphatic carbocycles. The normalized spacial score (nSPS) is 13.3. The van der Waals surface area contributed by atoms with Gasteiger partial charge in [-0.2, -0.15) is 0 Å². The Balaban J connectivity index is 2.03. The van der Waals surface area contributed by atoms with E-state index in [1.165, 1.54) is 47.9 Å². The van der Waals surface area contributed by atoms with Gasteiger partial charge in [0.1, 0.15) is 0 Å². The molecule has 100 valence electrons. The van der Waals surface area contributed by atoms with Crippen molar-refractivity contribution in [1.82, 2.24) is 0 Å². The van der Waals surface area contributed by atoms with Crippen LogP contribution in [-0.4, -0.2) is 0 Å². The molecule has 0 N–H and O–H groups in total. The van der Waals surface area contributed by atoms with Gasteiger partial charge in [0.15, 0.2) is 0 Å². The highest BCUT2D eigenvalue weighted by atomic mass is 32.1. The van der Waals surface area contributed by atoms with Crippen LogP contribution in [0.4, 0.5) is 0 Å². The van der Waals surface area contributed by atoms with Crippen molar-refractivity contribution in [1.29, 1.82) is 0 Å². The van der Waals surface area contributed by atoms with Crippen molar-refractivity contribution >= 4 is 32.1 Å². The summed E-state index contributed by atoms with van der Waals surface area (Å²) in [5.74, 6) is 0.746. The molecule has 0 aliphatic heterocycles. The van der Waals surface area contributed by atoms with Crippen LogP contribution in [0.25, 0.3) is 9.40 Å². The maximum atomic E-state index is 2.44. The van der Waals surface area contributed by atoms with Crippen molar-refractivity contribution in [2.75, 3.05) is 0 Å². The molecule has 2 rings (SSSR count). The molecule has 0 saturated heterocycles. The lowest BCUT2D eigenvalue weighted by atomic mass is 10.0. The maximum Gasteiger partial charge on any atom is 0.0456 e. The quantitative estimate of drug-likeness (QED) is 0.501. The average molecular weight is 281 g/mol. The van der Waals surface area contributed by atoms with E-state index in [0.29, 0.717) is 0 Å². The zero-order chi connectivity index (χ0) is 13.0. The Morgan fingerprint density at radius 1 is 1.00 bits per heavy atom. The molecule has 2 aromatic rings. The van der Waals surface area contributed by atoms with Gasteiger partial charge in [-0.3, -0.25) is 0 Å². The topological polar surface area (TPSA) is 0 Å². The summed E-state index contributed by atoms with van der Waals surface area (Å²) in [5, 5.41) is 0. The Hall–Kier alpha value is -0.340. The van der Waals surface area contributed by atoms with E-state index in [1.807, 2.05) is 22.7 Å². The van der Waals surface area contributed by atoms with E-state index in [1.54, 1.807) is 9.75 Å². The van der Waals surface area contributed by atoms with Crippen LogP contribution in [0.5, 0.6) is 0 Å². The fourth-order valence-corrected chi connectivity index (χ4v) is 4.98. The van der Waals surface area contributed by atoms with Crippen LogP contribution in [0.1, 0.15) is 68.5 Å². The smallest absolute Gasteiger partial charge is 0.0456 e. The second-order valence-corrected chi connectivity index (χ2v) is 7.52. The lowest BCUT2D eigenvalue weighted by molar-refractivity contribution is 0.604. The molecule has 1 unspecified atom stereocenters. The van der Waals surface area contributed by atoms with Crippen LogP contribution < -0.4 is 0 Å². The number of fused-ring (bicyclic) bond motifs is 1. The van der Waals surface area contributed by atoms with E-state index in [0.717, 1.165) is 5.92 Å². The fourth-order valence-electron chi connectivity index (χ4n) is 2.36. The minimum absolute atomic E-state index is 0.746. The van der Waals surface area contributed by atoms with Crippen molar-refractivity contribution in [3.05, 3.63) is 21.9 Å². The third-order valence-corrected chi connectivity index (χ3v) is 6.08. The lowest BCUT2D eigenvalue weighted by Crippen LogP contribution is -1.89. The standard InChI is InChI=1S/C16H24S2/c1-4-6-7-9-12(3)14-11-16-15(18-14)10-13(17-16)8-5-2/h10-12H,4-9H2,1-3H3. The first-order valence-corrected chi connectivity index (χ1v) is 8.90. The third kappa shape index (κ3) is 3.36.